The molecule has 0 fully saturated rings. The third kappa shape index (κ3) is 5.23. The molecular weight excluding hydrogens is 386 g/mol. The Morgan fingerprint density at radius 2 is 1.95 bits per heavy atom. The van der Waals surface area contributed by atoms with Crippen LogP contribution in [-0.2, 0) is 10.0 Å². The van der Waals surface area contributed by atoms with Crippen molar-refractivity contribution < 1.29 is 23.4 Å². The molecule has 0 bridgehead atoms. The summed E-state index contributed by atoms with van der Waals surface area (Å²) in [7, 11) is -3.81. The number of aliphatic hydroxyl groups excluding tert-OH is 1. The van der Waals surface area contributed by atoms with Crippen LogP contribution in [0, 0.1) is 0 Å². The molecule has 0 amide bonds. The van der Waals surface area contributed by atoms with Crippen LogP contribution in [0.1, 0.15) is 29.6 Å². The number of carboxylic acids is 1. The van der Waals surface area contributed by atoms with Gasteiger partial charge in [0.2, 0.25) is 10.0 Å². The van der Waals surface area contributed by atoms with Crippen LogP contribution in [0.2, 0.25) is 5.02 Å². The summed E-state index contributed by atoms with van der Waals surface area (Å²) in [5.74, 6) is -1.30. The summed E-state index contributed by atoms with van der Waals surface area (Å²) in [6.45, 7) is 0.282. The van der Waals surface area contributed by atoms with Crippen molar-refractivity contribution in [2.24, 2.45) is 0 Å². The molecule has 0 heterocycles. The number of rotatable bonds is 8. The molecule has 0 atom stereocenters. The highest BCUT2D eigenvalue weighted by Gasteiger charge is 2.20. The number of benzene rings is 1. The Bertz CT molecular complexity index is 620. The summed E-state index contributed by atoms with van der Waals surface area (Å²) in [5, 5.41) is 17.6. The second-order valence-corrected chi connectivity index (χ2v) is 7.25. The van der Waals surface area contributed by atoms with E-state index in [4.69, 9.17) is 21.8 Å². The molecule has 0 aliphatic rings. The SMILES string of the molecule is O=C(O)c1cc(S(=O)(=O)NCCCCCO)cc(Br)c1Cl. The molecule has 1 aromatic rings. The highest BCUT2D eigenvalue weighted by Crippen LogP contribution is 2.29. The molecule has 1 aromatic carbocycles. The number of hydrogen-bond acceptors (Lipinski definition) is 4. The van der Waals surface area contributed by atoms with Gasteiger partial charge in [0.15, 0.2) is 0 Å². The van der Waals surface area contributed by atoms with Crippen molar-refractivity contribution in [3.63, 3.8) is 0 Å². The third-order valence-corrected chi connectivity index (χ3v) is 5.37. The van der Waals surface area contributed by atoms with E-state index in [1.54, 1.807) is 0 Å². The largest absolute Gasteiger partial charge is 0.478 e. The van der Waals surface area contributed by atoms with Gasteiger partial charge in [-0.05, 0) is 47.3 Å². The van der Waals surface area contributed by atoms with Gasteiger partial charge in [0, 0.05) is 17.6 Å². The van der Waals surface area contributed by atoms with Crippen LogP contribution in [0.15, 0.2) is 21.5 Å². The van der Waals surface area contributed by atoms with Crippen LogP contribution in [0.25, 0.3) is 0 Å². The number of aliphatic hydroxyl groups is 1. The molecule has 0 spiro atoms. The number of aromatic carboxylic acids is 1. The van der Waals surface area contributed by atoms with Crippen LogP contribution >= 0.6 is 27.5 Å². The summed E-state index contributed by atoms with van der Waals surface area (Å²) < 4.78 is 26.8. The number of halogens is 2. The average molecular weight is 401 g/mol. The van der Waals surface area contributed by atoms with Gasteiger partial charge in [-0.1, -0.05) is 11.6 Å². The first-order chi connectivity index (χ1) is 9.79. The molecular formula is C12H15BrClNO5S. The predicted molar refractivity (Wildman–Crippen MR) is 82.2 cm³/mol. The Hall–Kier alpha value is -0.670. The van der Waals surface area contributed by atoms with Gasteiger partial charge in [-0.3, -0.25) is 0 Å². The van der Waals surface area contributed by atoms with E-state index < -0.39 is 16.0 Å². The van der Waals surface area contributed by atoms with Gasteiger partial charge < -0.3 is 10.2 Å². The Labute approximate surface area is 136 Å². The molecule has 0 saturated carbocycles. The van der Waals surface area contributed by atoms with E-state index in [0.29, 0.717) is 19.3 Å². The third-order valence-electron chi connectivity index (χ3n) is 2.67. The second-order valence-electron chi connectivity index (χ2n) is 4.25. The molecule has 6 nitrogen and oxygen atoms in total. The summed E-state index contributed by atoms with van der Waals surface area (Å²) in [6.07, 6.45) is 1.89. The average Bonchev–Trinajstić information content (AvgIpc) is 2.40. The van der Waals surface area contributed by atoms with E-state index in [1.165, 1.54) is 6.07 Å². The number of hydrogen-bond donors (Lipinski definition) is 3. The van der Waals surface area contributed by atoms with E-state index in [0.717, 1.165) is 6.07 Å². The maximum atomic E-state index is 12.1. The number of unbranched alkanes of at least 4 members (excludes halogenated alkanes) is 2. The Kier molecular flexibility index (Phi) is 7.08. The topological polar surface area (TPSA) is 104 Å². The van der Waals surface area contributed by atoms with E-state index in [1.807, 2.05) is 0 Å². The first-order valence-corrected chi connectivity index (χ1v) is 8.78. The Morgan fingerprint density at radius 1 is 1.29 bits per heavy atom. The predicted octanol–water partition coefficient (Wildman–Crippen LogP) is 2.24. The number of sulfonamides is 1. The van der Waals surface area contributed by atoms with Crippen LogP contribution in [0.5, 0.6) is 0 Å². The van der Waals surface area contributed by atoms with Gasteiger partial charge in [-0.2, -0.15) is 0 Å². The molecule has 9 heteroatoms. The molecule has 0 saturated heterocycles. The smallest absolute Gasteiger partial charge is 0.337 e. The fourth-order valence-electron chi connectivity index (χ4n) is 1.58. The van der Waals surface area contributed by atoms with Crippen molar-refractivity contribution in [1.29, 1.82) is 0 Å². The maximum Gasteiger partial charge on any atom is 0.337 e. The van der Waals surface area contributed by atoms with E-state index in [2.05, 4.69) is 20.7 Å². The second kappa shape index (κ2) is 8.09. The van der Waals surface area contributed by atoms with E-state index in [9.17, 15) is 13.2 Å². The lowest BCUT2D eigenvalue weighted by molar-refractivity contribution is 0.0696. The quantitative estimate of drug-likeness (QED) is 0.581. The molecule has 118 valence electrons. The molecule has 0 radical (unpaired) electrons. The van der Waals surface area contributed by atoms with Gasteiger partial charge in [-0.15, -0.1) is 0 Å². The summed E-state index contributed by atoms with van der Waals surface area (Å²) >= 11 is 8.85. The van der Waals surface area contributed by atoms with Gasteiger partial charge in [0.05, 0.1) is 15.5 Å². The Morgan fingerprint density at radius 3 is 2.52 bits per heavy atom. The lowest BCUT2D eigenvalue weighted by Crippen LogP contribution is -2.25. The van der Waals surface area contributed by atoms with Gasteiger partial charge in [0.1, 0.15) is 0 Å². The molecule has 3 N–H and O–H groups in total. The monoisotopic (exact) mass is 399 g/mol. The molecule has 0 aliphatic heterocycles. The summed E-state index contributed by atoms with van der Waals surface area (Å²) in [4.78, 5) is 10.9. The van der Waals surface area contributed by atoms with Crippen LogP contribution < -0.4 is 4.72 Å². The van der Waals surface area contributed by atoms with E-state index >= 15 is 0 Å². The maximum absolute atomic E-state index is 12.1. The number of carbonyl (C=O) groups is 1. The molecule has 0 unspecified atom stereocenters. The van der Waals surface area contributed by atoms with Crippen molar-refractivity contribution in [2.45, 2.75) is 24.2 Å². The highest BCUT2D eigenvalue weighted by molar-refractivity contribution is 9.10. The minimum Gasteiger partial charge on any atom is -0.478 e. The lowest BCUT2D eigenvalue weighted by atomic mass is 10.2. The normalized spacial score (nSPS) is 11.6. The molecule has 1 rings (SSSR count). The minimum absolute atomic E-state index is 0.0515. The molecule has 21 heavy (non-hydrogen) atoms. The molecule has 0 aliphatic carbocycles. The van der Waals surface area contributed by atoms with Gasteiger partial charge >= 0.3 is 5.97 Å². The minimum atomic E-state index is -3.81. The first kappa shape index (κ1) is 18.4. The highest BCUT2D eigenvalue weighted by atomic mass is 79.9. The zero-order valence-electron chi connectivity index (χ0n) is 11.0. The summed E-state index contributed by atoms with van der Waals surface area (Å²) in [6, 6.07) is 2.27. The van der Waals surface area contributed by atoms with Crippen molar-refractivity contribution in [1.82, 2.24) is 4.72 Å². The van der Waals surface area contributed by atoms with Crippen LogP contribution in [0.4, 0.5) is 0 Å². The fraction of sp³-hybridized carbons (Fsp3) is 0.417. The lowest BCUT2D eigenvalue weighted by Gasteiger charge is -2.09. The zero-order chi connectivity index (χ0) is 16.0. The fourth-order valence-corrected chi connectivity index (χ4v) is 3.51. The number of nitrogens with one attached hydrogen (secondary N) is 1. The molecule has 0 aromatic heterocycles. The number of carboxylic acid groups (broad SMARTS) is 1. The van der Waals surface area contributed by atoms with Crippen molar-refractivity contribution in [3.8, 4) is 0 Å². The van der Waals surface area contributed by atoms with Gasteiger partial charge in [-0.25, -0.2) is 17.9 Å². The standard InChI is InChI=1S/C12H15BrClNO5S/c13-10-7-8(6-9(11(10)14)12(17)18)21(19,20)15-4-2-1-3-5-16/h6-7,15-16H,1-5H2,(H,17,18). The Balaban J connectivity index is 2.91. The van der Waals surface area contributed by atoms with Crippen molar-refractivity contribution in [2.75, 3.05) is 13.2 Å². The van der Waals surface area contributed by atoms with Crippen molar-refractivity contribution >= 4 is 43.5 Å². The van der Waals surface area contributed by atoms with E-state index in [-0.39, 0.29) is 33.1 Å². The van der Waals surface area contributed by atoms with Crippen molar-refractivity contribution in [3.05, 3.63) is 27.2 Å². The summed E-state index contributed by atoms with van der Waals surface area (Å²) in [5.41, 5.74) is -0.285. The first-order valence-electron chi connectivity index (χ1n) is 6.12. The zero-order valence-corrected chi connectivity index (χ0v) is 14.1. The van der Waals surface area contributed by atoms with Crippen LogP contribution in [-0.4, -0.2) is 37.8 Å². The van der Waals surface area contributed by atoms with Gasteiger partial charge in [0.25, 0.3) is 0 Å². The van der Waals surface area contributed by atoms with Crippen LogP contribution in [0.3, 0.4) is 0 Å².